The zero-order valence-corrected chi connectivity index (χ0v) is 28.5. The quantitative estimate of drug-likeness (QED) is 0.0495. The minimum atomic E-state index is -0.334. The van der Waals surface area contributed by atoms with Crippen LogP contribution in [-0.4, -0.2) is 11.8 Å². The molecule has 2 amide bonds. The number of rotatable bonds is 30. The molecule has 0 aromatic carbocycles. The second-order valence-electron chi connectivity index (χ2n) is 11.7. The van der Waals surface area contributed by atoms with Gasteiger partial charge in [0.15, 0.2) is 0 Å². The van der Waals surface area contributed by atoms with Gasteiger partial charge in [0.2, 0.25) is 11.8 Å². The minimum Gasteiger partial charge on any atom is -0.366 e. The zero-order chi connectivity index (χ0) is 31.8. The molecule has 0 fully saturated rings. The molecular formula is C38H74N2O2. The maximum Gasteiger partial charge on any atom is 0.241 e. The SMILES string of the molecule is C=C.CCCCCCCCCCCCCCCC=CC(N)=O.CCCCCCCCCCCCCCCC=CC(N)=O. The second kappa shape index (κ2) is 43.6. The number of primary amides is 2. The summed E-state index contributed by atoms with van der Waals surface area (Å²) in [4.78, 5) is 20.9. The van der Waals surface area contributed by atoms with E-state index in [0.717, 1.165) is 12.8 Å². The number of unbranched alkanes of at least 4 members (excludes halogenated alkanes) is 26. The van der Waals surface area contributed by atoms with Gasteiger partial charge in [0, 0.05) is 0 Å². The average molecular weight is 591 g/mol. The highest BCUT2D eigenvalue weighted by Crippen LogP contribution is 2.14. The summed E-state index contributed by atoms with van der Waals surface area (Å²) in [6.45, 7) is 10.5. The molecule has 4 N–H and O–H groups in total. The first-order chi connectivity index (χ1) is 20.5. The molecule has 0 bridgehead atoms. The van der Waals surface area contributed by atoms with E-state index in [-0.39, 0.29) is 11.8 Å². The van der Waals surface area contributed by atoms with Crippen molar-refractivity contribution in [1.29, 1.82) is 0 Å². The average Bonchev–Trinajstić information content (AvgIpc) is 2.98. The van der Waals surface area contributed by atoms with Gasteiger partial charge in [-0.25, -0.2) is 0 Å². The van der Waals surface area contributed by atoms with Crippen LogP contribution in [0, 0.1) is 0 Å². The summed E-state index contributed by atoms with van der Waals surface area (Å²) in [7, 11) is 0. The van der Waals surface area contributed by atoms with Crippen LogP contribution in [-0.2, 0) is 9.59 Å². The number of carbonyl (C=O) groups excluding carboxylic acids is 2. The van der Waals surface area contributed by atoms with E-state index in [4.69, 9.17) is 11.5 Å². The predicted octanol–water partition coefficient (Wildman–Crippen LogP) is 11.8. The van der Waals surface area contributed by atoms with Crippen molar-refractivity contribution in [3.8, 4) is 0 Å². The molecule has 0 saturated carbocycles. The van der Waals surface area contributed by atoms with Crippen LogP contribution < -0.4 is 11.5 Å². The third-order valence-electron chi connectivity index (χ3n) is 7.51. The van der Waals surface area contributed by atoms with Crippen molar-refractivity contribution in [1.82, 2.24) is 0 Å². The molecule has 4 nitrogen and oxygen atoms in total. The Bertz CT molecular complexity index is 536. The summed E-state index contributed by atoms with van der Waals surface area (Å²) in [6.07, 6.45) is 44.5. The molecule has 0 unspecified atom stereocenters. The van der Waals surface area contributed by atoms with Crippen LogP contribution in [0.15, 0.2) is 37.5 Å². The smallest absolute Gasteiger partial charge is 0.241 e. The van der Waals surface area contributed by atoms with Crippen LogP contribution in [0.3, 0.4) is 0 Å². The lowest BCUT2D eigenvalue weighted by molar-refractivity contribution is -0.114. The van der Waals surface area contributed by atoms with Crippen LogP contribution >= 0.6 is 0 Å². The van der Waals surface area contributed by atoms with Gasteiger partial charge in [0.1, 0.15) is 0 Å². The summed E-state index contributed by atoms with van der Waals surface area (Å²) in [5, 5.41) is 0. The van der Waals surface area contributed by atoms with Gasteiger partial charge < -0.3 is 11.5 Å². The summed E-state index contributed by atoms with van der Waals surface area (Å²) in [5.74, 6) is -0.667. The fourth-order valence-corrected chi connectivity index (χ4v) is 4.96. The van der Waals surface area contributed by atoms with Crippen molar-refractivity contribution >= 4 is 11.8 Å². The Hall–Kier alpha value is -1.84. The molecule has 4 heteroatoms. The summed E-state index contributed by atoms with van der Waals surface area (Å²) in [5.41, 5.74) is 10.0. The van der Waals surface area contributed by atoms with Crippen LogP contribution in [0.2, 0.25) is 0 Å². The van der Waals surface area contributed by atoms with Crippen LogP contribution in [0.5, 0.6) is 0 Å². The van der Waals surface area contributed by atoms with Gasteiger partial charge in [-0.05, 0) is 37.8 Å². The van der Waals surface area contributed by atoms with Gasteiger partial charge in [-0.2, -0.15) is 0 Å². The van der Waals surface area contributed by atoms with Crippen LogP contribution in [0.1, 0.15) is 194 Å². The third kappa shape index (κ3) is 50.9. The molecule has 0 radical (unpaired) electrons. The van der Waals surface area contributed by atoms with Crippen LogP contribution in [0.25, 0.3) is 0 Å². The lowest BCUT2D eigenvalue weighted by Gasteiger charge is -2.02. The summed E-state index contributed by atoms with van der Waals surface area (Å²) in [6, 6.07) is 0. The molecule has 0 atom stereocenters. The van der Waals surface area contributed by atoms with E-state index in [1.165, 1.54) is 179 Å². The third-order valence-corrected chi connectivity index (χ3v) is 7.51. The Kier molecular flexibility index (Phi) is 46.3. The van der Waals surface area contributed by atoms with Crippen molar-refractivity contribution < 1.29 is 9.59 Å². The van der Waals surface area contributed by atoms with Crippen molar-refractivity contribution in [3.63, 3.8) is 0 Å². The zero-order valence-electron chi connectivity index (χ0n) is 28.5. The lowest BCUT2D eigenvalue weighted by atomic mass is 10.0. The van der Waals surface area contributed by atoms with Gasteiger partial charge in [-0.3, -0.25) is 9.59 Å². The number of carbonyl (C=O) groups is 2. The Balaban J connectivity index is -0.000000683. The van der Waals surface area contributed by atoms with Crippen LogP contribution in [0.4, 0.5) is 0 Å². The Morgan fingerprint density at radius 3 is 0.786 bits per heavy atom. The highest BCUT2D eigenvalue weighted by Gasteiger charge is 1.95. The molecule has 248 valence electrons. The van der Waals surface area contributed by atoms with Gasteiger partial charge >= 0.3 is 0 Å². The normalized spacial score (nSPS) is 10.8. The number of amides is 2. The van der Waals surface area contributed by atoms with Gasteiger partial charge in [-0.15, -0.1) is 13.2 Å². The van der Waals surface area contributed by atoms with E-state index in [0.29, 0.717) is 0 Å². The Morgan fingerprint density at radius 1 is 0.405 bits per heavy atom. The monoisotopic (exact) mass is 591 g/mol. The molecule has 0 saturated heterocycles. The summed E-state index contributed by atoms with van der Waals surface area (Å²) < 4.78 is 0. The maximum absolute atomic E-state index is 10.5. The first kappa shape index (κ1) is 44.6. The molecule has 0 aliphatic heterocycles. The van der Waals surface area contributed by atoms with E-state index in [1.807, 2.05) is 12.2 Å². The topological polar surface area (TPSA) is 86.2 Å². The molecular weight excluding hydrogens is 516 g/mol. The Labute approximate surface area is 263 Å². The first-order valence-corrected chi connectivity index (χ1v) is 18.0. The van der Waals surface area contributed by atoms with E-state index in [1.54, 1.807) is 0 Å². The van der Waals surface area contributed by atoms with Gasteiger partial charge in [0.05, 0.1) is 0 Å². The first-order valence-electron chi connectivity index (χ1n) is 18.0. The number of allylic oxidation sites excluding steroid dienone is 2. The highest BCUT2D eigenvalue weighted by molar-refractivity contribution is 5.85. The van der Waals surface area contributed by atoms with E-state index in [9.17, 15) is 9.59 Å². The predicted molar refractivity (Wildman–Crippen MR) is 189 cm³/mol. The molecule has 0 aliphatic rings. The molecule has 0 heterocycles. The molecule has 0 aromatic rings. The van der Waals surface area contributed by atoms with Gasteiger partial charge in [-0.1, -0.05) is 180 Å². The molecule has 0 rings (SSSR count). The maximum atomic E-state index is 10.5. The fourth-order valence-electron chi connectivity index (χ4n) is 4.96. The van der Waals surface area contributed by atoms with Gasteiger partial charge in [0.25, 0.3) is 0 Å². The van der Waals surface area contributed by atoms with E-state index >= 15 is 0 Å². The number of hydrogen-bond donors (Lipinski definition) is 2. The van der Waals surface area contributed by atoms with Crippen molar-refractivity contribution in [2.45, 2.75) is 194 Å². The van der Waals surface area contributed by atoms with Crippen molar-refractivity contribution in [2.75, 3.05) is 0 Å². The largest absolute Gasteiger partial charge is 0.366 e. The summed E-state index contributed by atoms with van der Waals surface area (Å²) >= 11 is 0. The second-order valence-corrected chi connectivity index (χ2v) is 11.7. The standard InChI is InChI=1S/2C18H35NO.C2H4/c2*1-2-3-4-5-6-7-8-9-10-11-12-13-14-15-16-17-18(19)20;1-2/h2*16-17H,2-15H2,1H3,(H2,19,20);1-2H2. The van der Waals surface area contributed by atoms with Crippen molar-refractivity contribution in [3.05, 3.63) is 37.5 Å². The Morgan fingerprint density at radius 2 is 0.595 bits per heavy atom. The highest BCUT2D eigenvalue weighted by atomic mass is 16.1. The van der Waals surface area contributed by atoms with Crippen molar-refractivity contribution in [2.24, 2.45) is 11.5 Å². The number of nitrogens with two attached hydrogens (primary N) is 2. The molecule has 0 spiro atoms. The minimum absolute atomic E-state index is 0.334. The molecule has 0 aromatic heterocycles. The fraction of sp³-hybridized carbons (Fsp3) is 0.789. The van der Waals surface area contributed by atoms with E-state index < -0.39 is 0 Å². The number of hydrogen-bond acceptors (Lipinski definition) is 2. The molecule has 0 aliphatic carbocycles. The molecule has 42 heavy (non-hydrogen) atoms. The lowest BCUT2D eigenvalue weighted by Crippen LogP contribution is -2.05. The van der Waals surface area contributed by atoms with E-state index in [2.05, 4.69) is 27.0 Å².